The van der Waals surface area contributed by atoms with Crippen molar-refractivity contribution in [2.75, 3.05) is 24.5 Å². The molecule has 32 heavy (non-hydrogen) atoms. The maximum Gasteiger partial charge on any atom is 0.213 e. The second-order valence-electron chi connectivity index (χ2n) is 7.94. The van der Waals surface area contributed by atoms with Crippen LogP contribution in [0.5, 0.6) is 0 Å². The molecule has 164 valence electrons. The van der Waals surface area contributed by atoms with Gasteiger partial charge < -0.3 is 10.2 Å². The summed E-state index contributed by atoms with van der Waals surface area (Å²) < 4.78 is 0. The normalized spacial score (nSPS) is 16.2. The first-order valence-corrected chi connectivity index (χ1v) is 11.7. The number of aryl methyl sites for hydroxylation is 1. The van der Waals surface area contributed by atoms with Crippen LogP contribution in [0.1, 0.15) is 36.2 Å². The third-order valence-corrected chi connectivity index (χ3v) is 6.54. The number of benzene rings is 1. The molecule has 1 fully saturated rings. The molecule has 4 aromatic rings. The van der Waals surface area contributed by atoms with E-state index in [0.29, 0.717) is 17.0 Å². The number of rotatable bonds is 5. The molecule has 4 heterocycles. The van der Waals surface area contributed by atoms with Crippen LogP contribution in [0.3, 0.4) is 0 Å². The summed E-state index contributed by atoms with van der Waals surface area (Å²) in [5.41, 5.74) is 5.05. The zero-order valence-electron chi connectivity index (χ0n) is 17.9. The first-order valence-electron chi connectivity index (χ1n) is 10.7. The van der Waals surface area contributed by atoms with Crippen molar-refractivity contribution >= 4 is 22.9 Å². The number of aromatic nitrogens is 2. The van der Waals surface area contributed by atoms with Gasteiger partial charge >= 0.3 is 0 Å². The van der Waals surface area contributed by atoms with E-state index in [2.05, 4.69) is 44.8 Å². The van der Waals surface area contributed by atoms with Crippen molar-refractivity contribution in [1.82, 2.24) is 15.3 Å². The van der Waals surface area contributed by atoms with Gasteiger partial charge in [0.1, 0.15) is 11.5 Å². The molecule has 1 aliphatic rings. The fraction of sp³-hybridized carbons (Fsp3) is 0.192. The van der Waals surface area contributed by atoms with Crippen molar-refractivity contribution < 1.29 is 7.65 Å². The first-order chi connectivity index (χ1) is 15.7. The van der Waals surface area contributed by atoms with Crippen molar-refractivity contribution in [1.29, 1.82) is 0 Å². The van der Waals surface area contributed by atoms with Crippen molar-refractivity contribution in [3.63, 3.8) is 0 Å². The highest BCUT2D eigenvalue weighted by Crippen LogP contribution is 2.25. The minimum atomic E-state index is -0.0938. The number of pyridine rings is 2. The Morgan fingerprint density at radius 2 is 2.00 bits per heavy atom. The third kappa shape index (κ3) is 4.20. The quantitative estimate of drug-likeness (QED) is 0.418. The number of piperazine rings is 1. The number of anilines is 1. The van der Waals surface area contributed by atoms with Crippen molar-refractivity contribution in [2.45, 2.75) is 13.0 Å². The van der Waals surface area contributed by atoms with Crippen LogP contribution in [0.2, 0.25) is 0 Å². The summed E-state index contributed by atoms with van der Waals surface area (Å²) in [5.74, 6) is 0.738. The van der Waals surface area contributed by atoms with Crippen LogP contribution in [0.15, 0.2) is 77.6 Å². The minimum Gasteiger partial charge on any atom is -0.353 e. The number of hydrogen-bond acceptors (Lipinski definition) is 6. The van der Waals surface area contributed by atoms with Crippen LogP contribution in [0.4, 0.5) is 5.82 Å². The lowest BCUT2D eigenvalue weighted by Gasteiger charge is -2.35. The van der Waals surface area contributed by atoms with E-state index in [9.17, 15) is 4.79 Å². The summed E-state index contributed by atoms with van der Waals surface area (Å²) >= 11 is 1.63. The van der Waals surface area contributed by atoms with Crippen LogP contribution in [0, 0.1) is 6.92 Å². The van der Waals surface area contributed by atoms with Gasteiger partial charge in [-0.05, 0) is 53.1 Å². The fourth-order valence-electron chi connectivity index (χ4n) is 4.08. The lowest BCUT2D eigenvalue weighted by molar-refractivity contribution is 0.103. The number of carbonyl (C=O) groups is 1. The van der Waals surface area contributed by atoms with Crippen LogP contribution in [0.25, 0.3) is 11.1 Å². The summed E-state index contributed by atoms with van der Waals surface area (Å²) in [6.07, 6.45) is 1.82. The molecule has 1 aliphatic heterocycles. The lowest BCUT2D eigenvalue weighted by Crippen LogP contribution is -2.46. The van der Waals surface area contributed by atoms with Crippen LogP contribution >= 0.6 is 11.3 Å². The average molecular weight is 445 g/mol. The minimum absolute atomic E-state index is 0. The van der Waals surface area contributed by atoms with Crippen molar-refractivity contribution in [3.05, 3.63) is 100 Å². The predicted octanol–water partition coefficient (Wildman–Crippen LogP) is 5.39. The van der Waals surface area contributed by atoms with Gasteiger partial charge in [0.05, 0.1) is 0 Å². The predicted molar refractivity (Wildman–Crippen MR) is 134 cm³/mol. The molecule has 1 saturated heterocycles. The Hall–Kier alpha value is -3.35. The molecule has 0 aliphatic carbocycles. The second-order valence-corrected chi connectivity index (χ2v) is 8.72. The van der Waals surface area contributed by atoms with E-state index < -0.39 is 0 Å². The Kier molecular flexibility index (Phi) is 5.79. The van der Waals surface area contributed by atoms with Gasteiger partial charge in [-0.2, -0.15) is 11.3 Å². The van der Waals surface area contributed by atoms with Gasteiger partial charge in [0.15, 0.2) is 0 Å². The Morgan fingerprint density at radius 3 is 2.81 bits per heavy atom. The van der Waals surface area contributed by atoms with Gasteiger partial charge in [-0.1, -0.05) is 36.4 Å². The maximum absolute atomic E-state index is 13.4. The molecule has 6 heteroatoms. The molecule has 0 amide bonds. The molecule has 5 rings (SSSR count). The average Bonchev–Trinajstić information content (AvgIpc) is 3.40. The third-order valence-electron chi connectivity index (χ3n) is 5.85. The van der Waals surface area contributed by atoms with Gasteiger partial charge in [-0.25, -0.2) is 4.98 Å². The van der Waals surface area contributed by atoms with E-state index in [1.54, 1.807) is 17.4 Å². The zero-order chi connectivity index (χ0) is 21.9. The summed E-state index contributed by atoms with van der Waals surface area (Å²) in [6.45, 7) is 4.39. The monoisotopic (exact) mass is 444 g/mol. The van der Waals surface area contributed by atoms with Crippen LogP contribution in [-0.2, 0) is 0 Å². The molecule has 1 aromatic carbocycles. The highest BCUT2D eigenvalue weighted by atomic mass is 32.1. The Bertz CT molecular complexity index is 1230. The molecule has 0 spiro atoms. The van der Waals surface area contributed by atoms with E-state index >= 15 is 0 Å². The van der Waals surface area contributed by atoms with Gasteiger partial charge in [0, 0.05) is 51.5 Å². The van der Waals surface area contributed by atoms with Gasteiger partial charge in [-0.15, -0.1) is 0 Å². The van der Waals surface area contributed by atoms with Crippen LogP contribution < -0.4 is 10.2 Å². The van der Waals surface area contributed by atoms with E-state index in [1.807, 2.05) is 48.8 Å². The number of ketones is 1. The summed E-state index contributed by atoms with van der Waals surface area (Å²) in [5, 5.41) is 7.67. The molecule has 1 N–H and O–H groups in total. The zero-order valence-corrected chi connectivity index (χ0v) is 18.7. The molecule has 1 atom stereocenters. The van der Waals surface area contributed by atoms with E-state index in [1.165, 1.54) is 5.56 Å². The van der Waals surface area contributed by atoms with Gasteiger partial charge in [0.25, 0.3) is 0 Å². The lowest BCUT2D eigenvalue weighted by atomic mass is 10.0. The number of nitrogens with one attached hydrogen (secondary N) is 1. The summed E-state index contributed by atoms with van der Waals surface area (Å²) in [4.78, 5) is 24.9. The SMILES string of the molecule is Cc1ncc(-c2ccsc2)cc1C(=O)c1cccc(N2CCNC(c3ccccc3)C2)n1.[HH].[HH]. The maximum atomic E-state index is 13.4. The molecule has 3 aromatic heterocycles. The number of hydrogen-bond donors (Lipinski definition) is 1. The van der Waals surface area contributed by atoms with Crippen LogP contribution in [-0.4, -0.2) is 35.4 Å². The van der Waals surface area contributed by atoms with E-state index in [4.69, 9.17) is 4.98 Å². The molecule has 1 unspecified atom stereocenters. The summed E-state index contributed by atoms with van der Waals surface area (Å²) in [6, 6.07) is 20.3. The number of nitrogens with zero attached hydrogens (tertiary/aromatic N) is 3. The highest BCUT2D eigenvalue weighted by molar-refractivity contribution is 7.08. The molecule has 0 bridgehead atoms. The standard InChI is InChI=1S/C26H24N4OS.2H2/c1-18-22(14-21(15-28-18)20-10-13-32-17-20)26(31)23-8-5-9-25(29-23)30-12-11-27-24(16-30)19-6-3-2-4-7-19;;/h2-10,13-15,17,24,27H,11-12,16H2,1H3;2*1H. The van der Waals surface area contributed by atoms with Crippen molar-refractivity contribution in [2.24, 2.45) is 0 Å². The number of carbonyl (C=O) groups excluding carboxylic acids is 1. The Balaban J connectivity index is 0.00000162. The molecule has 0 radical (unpaired) electrons. The van der Waals surface area contributed by atoms with Gasteiger partial charge in [0.2, 0.25) is 5.78 Å². The largest absolute Gasteiger partial charge is 0.353 e. The van der Waals surface area contributed by atoms with Gasteiger partial charge in [-0.3, -0.25) is 9.78 Å². The molecular formula is C26H28N4OS. The van der Waals surface area contributed by atoms with E-state index in [-0.39, 0.29) is 14.7 Å². The molecule has 0 saturated carbocycles. The number of thiophene rings is 1. The Labute approximate surface area is 194 Å². The first kappa shape index (κ1) is 20.5. The van der Waals surface area contributed by atoms with Crippen molar-refractivity contribution in [3.8, 4) is 11.1 Å². The topological polar surface area (TPSA) is 58.1 Å². The fourth-order valence-corrected chi connectivity index (χ4v) is 4.75. The smallest absolute Gasteiger partial charge is 0.213 e. The highest BCUT2D eigenvalue weighted by Gasteiger charge is 2.23. The van der Waals surface area contributed by atoms with E-state index in [0.717, 1.165) is 36.6 Å². The summed E-state index contributed by atoms with van der Waals surface area (Å²) in [7, 11) is 0. The molecular weight excluding hydrogens is 416 g/mol. The Morgan fingerprint density at radius 1 is 1.12 bits per heavy atom. The second kappa shape index (κ2) is 9.02. The molecule has 5 nitrogen and oxygen atoms in total.